The quantitative estimate of drug-likeness (QED) is 0.839. The van der Waals surface area contributed by atoms with E-state index in [1.807, 2.05) is 0 Å². The lowest BCUT2D eigenvalue weighted by atomic mass is 10.1. The predicted molar refractivity (Wildman–Crippen MR) is 74.4 cm³/mol. The highest BCUT2D eigenvalue weighted by molar-refractivity contribution is 7.99. The van der Waals surface area contributed by atoms with Crippen molar-refractivity contribution in [2.45, 2.75) is 30.8 Å². The Morgan fingerprint density at radius 1 is 1.25 bits per heavy atom. The van der Waals surface area contributed by atoms with E-state index >= 15 is 0 Å². The lowest BCUT2D eigenvalue weighted by Gasteiger charge is -2.09. The first-order chi connectivity index (χ1) is 9.36. The van der Waals surface area contributed by atoms with Crippen molar-refractivity contribution in [2.75, 3.05) is 0 Å². The molecule has 6 nitrogen and oxygen atoms in total. The van der Waals surface area contributed by atoms with E-state index in [1.165, 1.54) is 6.07 Å². The Kier molecular flexibility index (Phi) is 3.89. The van der Waals surface area contributed by atoms with E-state index in [9.17, 15) is 14.7 Å². The second-order valence-corrected chi connectivity index (χ2v) is 5.35. The highest BCUT2D eigenvalue weighted by atomic mass is 32.2. The summed E-state index contributed by atoms with van der Waals surface area (Å²) in [6.07, 6.45) is 0. The molecule has 0 fully saturated rings. The monoisotopic (exact) mass is 291 g/mol. The van der Waals surface area contributed by atoms with Gasteiger partial charge >= 0.3 is 5.97 Å². The van der Waals surface area contributed by atoms with Crippen molar-refractivity contribution < 1.29 is 9.90 Å². The summed E-state index contributed by atoms with van der Waals surface area (Å²) in [5.74, 6) is -0.569. The maximum atomic E-state index is 11.4. The number of aromatic amines is 1. The fraction of sp³-hybridized carbons (Fsp3) is 0.231. The second-order valence-electron chi connectivity index (χ2n) is 4.34. The molecule has 104 valence electrons. The minimum absolute atomic E-state index is 0.139. The van der Waals surface area contributed by atoms with Crippen LogP contribution in [0.5, 0.6) is 0 Å². The van der Waals surface area contributed by atoms with Gasteiger partial charge in [0.15, 0.2) is 0 Å². The average Bonchev–Trinajstić information content (AvgIpc) is 2.25. The lowest BCUT2D eigenvalue weighted by molar-refractivity contribution is 0.0691. The van der Waals surface area contributed by atoms with Crippen LogP contribution in [0.4, 0.5) is 0 Å². The summed E-state index contributed by atoms with van der Waals surface area (Å²) in [6, 6.07) is 3.03. The topological polar surface area (TPSA) is 95.9 Å². The fourth-order valence-corrected chi connectivity index (χ4v) is 2.93. The van der Waals surface area contributed by atoms with Crippen LogP contribution in [0.2, 0.25) is 0 Å². The van der Waals surface area contributed by atoms with Crippen LogP contribution in [-0.2, 0) is 0 Å². The number of aromatic carboxylic acids is 1. The number of nitrogens with one attached hydrogen (secondary N) is 1. The SMILES string of the molecule is Cc1cc(C)c(C(=O)O)c(Sc2cc(=O)[nH]c(C)n2)n1. The number of aromatic nitrogens is 3. The van der Waals surface area contributed by atoms with Crippen molar-refractivity contribution in [3.05, 3.63) is 45.1 Å². The van der Waals surface area contributed by atoms with Gasteiger partial charge in [0.1, 0.15) is 15.9 Å². The molecular formula is C13H13N3O3S. The minimum Gasteiger partial charge on any atom is -0.478 e. The van der Waals surface area contributed by atoms with Crippen molar-refractivity contribution in [1.29, 1.82) is 0 Å². The third kappa shape index (κ3) is 3.05. The molecule has 0 saturated carbocycles. The first-order valence-electron chi connectivity index (χ1n) is 5.84. The summed E-state index contributed by atoms with van der Waals surface area (Å²) >= 11 is 1.08. The van der Waals surface area contributed by atoms with E-state index in [1.54, 1.807) is 26.8 Å². The van der Waals surface area contributed by atoms with Crippen molar-refractivity contribution in [3.8, 4) is 0 Å². The first kappa shape index (κ1) is 14.3. The number of hydrogen-bond donors (Lipinski definition) is 2. The van der Waals surface area contributed by atoms with E-state index in [4.69, 9.17) is 0 Å². The number of nitrogens with zero attached hydrogens (tertiary/aromatic N) is 2. The highest BCUT2D eigenvalue weighted by Crippen LogP contribution is 2.29. The number of rotatable bonds is 3. The van der Waals surface area contributed by atoms with Gasteiger partial charge in [0.05, 0.1) is 5.56 Å². The first-order valence-corrected chi connectivity index (χ1v) is 6.66. The molecule has 0 bridgehead atoms. The summed E-state index contributed by atoms with van der Waals surface area (Å²) < 4.78 is 0. The molecule has 0 spiro atoms. The lowest BCUT2D eigenvalue weighted by Crippen LogP contribution is -2.09. The Hall–Kier alpha value is -2.15. The molecule has 0 saturated heterocycles. The van der Waals surface area contributed by atoms with Gasteiger partial charge in [-0.25, -0.2) is 14.8 Å². The van der Waals surface area contributed by atoms with Crippen LogP contribution in [0, 0.1) is 20.8 Å². The zero-order valence-corrected chi connectivity index (χ0v) is 12.0. The van der Waals surface area contributed by atoms with Crippen LogP contribution in [0.25, 0.3) is 0 Å². The maximum absolute atomic E-state index is 11.4. The van der Waals surface area contributed by atoms with Crippen molar-refractivity contribution in [2.24, 2.45) is 0 Å². The second kappa shape index (κ2) is 5.46. The number of H-pyrrole nitrogens is 1. The molecule has 0 aliphatic carbocycles. The van der Waals surface area contributed by atoms with Gasteiger partial charge in [-0.3, -0.25) is 4.79 Å². The molecule has 0 aliphatic heterocycles. The minimum atomic E-state index is -1.04. The van der Waals surface area contributed by atoms with Gasteiger partial charge < -0.3 is 10.1 Å². The van der Waals surface area contributed by atoms with E-state index in [-0.39, 0.29) is 11.1 Å². The highest BCUT2D eigenvalue weighted by Gasteiger charge is 2.17. The normalized spacial score (nSPS) is 10.6. The standard InChI is InChI=1S/C13H13N3O3S/c1-6-4-7(2)14-12(11(6)13(18)19)20-10-5-9(17)15-8(3)16-10/h4-5H,1-3H3,(H,18,19)(H,15,16,17). The van der Waals surface area contributed by atoms with E-state index in [0.29, 0.717) is 21.4 Å². The summed E-state index contributed by atoms with van der Waals surface area (Å²) in [4.78, 5) is 33.7. The summed E-state index contributed by atoms with van der Waals surface area (Å²) in [5, 5.41) is 10.0. The third-order valence-corrected chi connectivity index (χ3v) is 3.47. The van der Waals surface area contributed by atoms with Crippen LogP contribution in [-0.4, -0.2) is 26.0 Å². The van der Waals surface area contributed by atoms with Crippen LogP contribution in [0.3, 0.4) is 0 Å². The Bertz CT molecular complexity index is 740. The number of carboxylic acids is 1. The van der Waals surface area contributed by atoms with Crippen LogP contribution in [0.1, 0.15) is 27.4 Å². The molecule has 0 aromatic carbocycles. The molecule has 2 aromatic rings. The van der Waals surface area contributed by atoms with Gasteiger partial charge in [-0.05, 0) is 44.2 Å². The number of carbonyl (C=O) groups is 1. The molecule has 2 N–H and O–H groups in total. The number of hydrogen-bond acceptors (Lipinski definition) is 5. The molecule has 20 heavy (non-hydrogen) atoms. The molecule has 2 rings (SSSR count). The largest absolute Gasteiger partial charge is 0.478 e. The average molecular weight is 291 g/mol. The van der Waals surface area contributed by atoms with E-state index in [0.717, 1.165) is 17.5 Å². The molecule has 7 heteroatoms. The number of pyridine rings is 1. The molecule has 0 aliphatic rings. The molecule has 0 unspecified atom stereocenters. The van der Waals surface area contributed by atoms with Crippen molar-refractivity contribution >= 4 is 17.7 Å². The van der Waals surface area contributed by atoms with Gasteiger partial charge in [-0.2, -0.15) is 0 Å². The molecule has 0 amide bonds. The Balaban J connectivity index is 2.52. The molecular weight excluding hydrogens is 278 g/mol. The Labute approximate surface area is 119 Å². The van der Waals surface area contributed by atoms with E-state index < -0.39 is 5.97 Å². The number of aryl methyl sites for hydroxylation is 3. The molecule has 2 aromatic heterocycles. The van der Waals surface area contributed by atoms with Crippen LogP contribution < -0.4 is 5.56 Å². The Morgan fingerprint density at radius 2 is 1.95 bits per heavy atom. The van der Waals surface area contributed by atoms with Crippen molar-refractivity contribution in [3.63, 3.8) is 0 Å². The van der Waals surface area contributed by atoms with Gasteiger partial charge in [-0.1, -0.05) is 0 Å². The summed E-state index contributed by atoms with van der Waals surface area (Å²) in [6.45, 7) is 5.18. The maximum Gasteiger partial charge on any atom is 0.338 e. The Morgan fingerprint density at radius 3 is 2.55 bits per heavy atom. The summed E-state index contributed by atoms with van der Waals surface area (Å²) in [5.41, 5.74) is 1.22. The fourth-order valence-electron chi connectivity index (χ4n) is 1.84. The van der Waals surface area contributed by atoms with Gasteiger partial charge in [0.25, 0.3) is 5.56 Å². The molecule has 2 heterocycles. The predicted octanol–water partition coefficient (Wildman–Crippen LogP) is 1.94. The molecule has 0 radical (unpaired) electrons. The third-order valence-electron chi connectivity index (χ3n) is 2.56. The van der Waals surface area contributed by atoms with Gasteiger partial charge in [0.2, 0.25) is 0 Å². The van der Waals surface area contributed by atoms with Gasteiger partial charge in [-0.15, -0.1) is 0 Å². The zero-order valence-electron chi connectivity index (χ0n) is 11.2. The van der Waals surface area contributed by atoms with Crippen LogP contribution in [0.15, 0.2) is 27.0 Å². The smallest absolute Gasteiger partial charge is 0.338 e. The zero-order chi connectivity index (χ0) is 14.9. The van der Waals surface area contributed by atoms with Crippen LogP contribution >= 0.6 is 11.8 Å². The number of carboxylic acid groups (broad SMARTS) is 1. The van der Waals surface area contributed by atoms with Gasteiger partial charge in [0, 0.05) is 11.8 Å². The van der Waals surface area contributed by atoms with E-state index in [2.05, 4.69) is 15.0 Å². The summed E-state index contributed by atoms with van der Waals surface area (Å²) in [7, 11) is 0. The van der Waals surface area contributed by atoms with Crippen molar-refractivity contribution in [1.82, 2.24) is 15.0 Å². The molecule has 0 atom stereocenters.